The fourth-order valence-corrected chi connectivity index (χ4v) is 2.85. The van der Waals surface area contributed by atoms with Crippen LogP contribution in [0.4, 0.5) is 0 Å². The first-order chi connectivity index (χ1) is 11.2. The Bertz CT molecular complexity index is 744. The summed E-state index contributed by atoms with van der Waals surface area (Å²) in [5, 5.41) is 0. The fourth-order valence-electron chi connectivity index (χ4n) is 2.85. The van der Waals surface area contributed by atoms with E-state index in [9.17, 15) is 9.59 Å². The Hall–Kier alpha value is -2.56. The summed E-state index contributed by atoms with van der Waals surface area (Å²) in [5.41, 5.74) is 1.44. The molecule has 5 nitrogen and oxygen atoms in total. The zero-order valence-electron chi connectivity index (χ0n) is 13.2. The molecule has 3 rings (SSSR count). The van der Waals surface area contributed by atoms with Crippen LogP contribution in [0, 0.1) is 0 Å². The molecule has 1 N–H and O–H groups in total. The van der Waals surface area contributed by atoms with Crippen molar-refractivity contribution in [1.29, 1.82) is 0 Å². The van der Waals surface area contributed by atoms with Crippen molar-refractivity contribution in [3.8, 4) is 17.0 Å². The zero-order chi connectivity index (χ0) is 16.2. The maximum atomic E-state index is 12.4. The summed E-state index contributed by atoms with van der Waals surface area (Å²) >= 11 is 0. The van der Waals surface area contributed by atoms with Crippen LogP contribution in [0.3, 0.4) is 0 Å². The van der Waals surface area contributed by atoms with Gasteiger partial charge in [0.2, 0.25) is 0 Å². The number of amides is 1. The highest BCUT2D eigenvalue weighted by Gasteiger charge is 2.20. The second kappa shape index (κ2) is 6.69. The molecule has 0 aliphatic carbocycles. The smallest absolute Gasteiger partial charge is 0.261 e. The summed E-state index contributed by atoms with van der Waals surface area (Å²) in [6.07, 6.45) is 3.16. The number of pyridine rings is 1. The maximum Gasteiger partial charge on any atom is 0.261 e. The van der Waals surface area contributed by atoms with Gasteiger partial charge >= 0.3 is 0 Å². The van der Waals surface area contributed by atoms with E-state index in [1.165, 1.54) is 0 Å². The van der Waals surface area contributed by atoms with Gasteiger partial charge < -0.3 is 14.6 Å². The third-order valence-electron chi connectivity index (χ3n) is 4.18. The van der Waals surface area contributed by atoms with Gasteiger partial charge in [0.25, 0.3) is 11.5 Å². The first-order valence-electron chi connectivity index (χ1n) is 7.86. The SMILES string of the molecule is COc1ccc(-c2ccc(C(=O)N3CCCCC3)c(=O)[nH]2)cc1. The topological polar surface area (TPSA) is 62.4 Å². The van der Waals surface area contributed by atoms with Gasteiger partial charge in [-0.25, -0.2) is 0 Å². The lowest BCUT2D eigenvalue weighted by molar-refractivity contribution is 0.0722. The quantitative estimate of drug-likeness (QED) is 0.948. The van der Waals surface area contributed by atoms with Gasteiger partial charge in [-0.2, -0.15) is 0 Å². The molecule has 0 bridgehead atoms. The van der Waals surface area contributed by atoms with Gasteiger partial charge in [-0.15, -0.1) is 0 Å². The van der Waals surface area contributed by atoms with Crippen molar-refractivity contribution in [2.24, 2.45) is 0 Å². The number of nitrogens with one attached hydrogen (secondary N) is 1. The van der Waals surface area contributed by atoms with Crippen LogP contribution >= 0.6 is 0 Å². The van der Waals surface area contributed by atoms with E-state index in [1.54, 1.807) is 24.1 Å². The van der Waals surface area contributed by atoms with Crippen molar-refractivity contribution in [2.45, 2.75) is 19.3 Å². The number of aromatic amines is 1. The lowest BCUT2D eigenvalue weighted by atomic mass is 10.1. The molecule has 5 heteroatoms. The number of benzene rings is 1. The minimum Gasteiger partial charge on any atom is -0.497 e. The van der Waals surface area contributed by atoms with Crippen molar-refractivity contribution in [1.82, 2.24) is 9.88 Å². The lowest BCUT2D eigenvalue weighted by Crippen LogP contribution is -2.38. The van der Waals surface area contributed by atoms with Gasteiger partial charge in [0.1, 0.15) is 11.3 Å². The highest BCUT2D eigenvalue weighted by atomic mass is 16.5. The number of carbonyl (C=O) groups excluding carboxylic acids is 1. The molecular weight excluding hydrogens is 292 g/mol. The first-order valence-corrected chi connectivity index (χ1v) is 7.86. The fraction of sp³-hybridized carbons (Fsp3) is 0.333. The summed E-state index contributed by atoms with van der Waals surface area (Å²) in [5.74, 6) is 0.584. The molecule has 1 aromatic heterocycles. The average Bonchev–Trinajstić information content (AvgIpc) is 2.62. The Morgan fingerprint density at radius 2 is 1.74 bits per heavy atom. The number of ether oxygens (including phenoxy) is 1. The molecule has 0 atom stereocenters. The molecule has 1 aromatic carbocycles. The van der Waals surface area contributed by atoms with E-state index in [4.69, 9.17) is 4.74 Å². The number of carbonyl (C=O) groups is 1. The maximum absolute atomic E-state index is 12.4. The molecular formula is C18H20N2O3. The van der Waals surface area contributed by atoms with Crippen LogP contribution in [-0.2, 0) is 0 Å². The Morgan fingerprint density at radius 3 is 2.35 bits per heavy atom. The summed E-state index contributed by atoms with van der Waals surface area (Å²) in [7, 11) is 1.61. The van der Waals surface area contributed by atoms with E-state index in [2.05, 4.69) is 4.98 Å². The molecule has 1 aliphatic heterocycles. The van der Waals surface area contributed by atoms with Crippen LogP contribution in [0.1, 0.15) is 29.6 Å². The molecule has 120 valence electrons. The van der Waals surface area contributed by atoms with E-state index < -0.39 is 0 Å². The Labute approximate surface area is 134 Å². The monoisotopic (exact) mass is 312 g/mol. The number of nitrogens with zero attached hydrogens (tertiary/aromatic N) is 1. The standard InChI is InChI=1S/C18H20N2O3/c1-23-14-7-5-13(6-8-14)16-10-9-15(17(21)19-16)18(22)20-11-3-2-4-12-20/h5-10H,2-4,11-12H2,1H3,(H,19,21). The van der Waals surface area contributed by atoms with Gasteiger partial charge in [0, 0.05) is 18.8 Å². The van der Waals surface area contributed by atoms with E-state index in [0.29, 0.717) is 5.69 Å². The number of aromatic nitrogens is 1. The number of H-pyrrole nitrogens is 1. The first kappa shape index (κ1) is 15.3. The number of rotatable bonds is 3. The van der Waals surface area contributed by atoms with Crippen molar-refractivity contribution in [2.75, 3.05) is 20.2 Å². The van der Waals surface area contributed by atoms with Gasteiger partial charge in [-0.3, -0.25) is 9.59 Å². The average molecular weight is 312 g/mol. The van der Waals surface area contributed by atoms with Crippen molar-refractivity contribution in [3.05, 3.63) is 52.3 Å². The molecule has 0 radical (unpaired) electrons. The normalized spacial score (nSPS) is 14.6. The minimum absolute atomic E-state index is 0.174. The van der Waals surface area contributed by atoms with E-state index in [-0.39, 0.29) is 17.0 Å². The van der Waals surface area contributed by atoms with Gasteiger partial charge in [-0.1, -0.05) is 0 Å². The molecule has 0 spiro atoms. The summed E-state index contributed by atoms with van der Waals surface area (Å²) in [6, 6.07) is 10.8. The Morgan fingerprint density at radius 1 is 1.04 bits per heavy atom. The number of hydrogen-bond acceptors (Lipinski definition) is 3. The highest BCUT2D eigenvalue weighted by Crippen LogP contribution is 2.20. The Kier molecular flexibility index (Phi) is 4.46. The van der Waals surface area contributed by atoms with Gasteiger partial charge in [-0.05, 0) is 61.2 Å². The predicted molar refractivity (Wildman–Crippen MR) is 88.8 cm³/mol. The van der Waals surface area contributed by atoms with Crippen LogP contribution in [-0.4, -0.2) is 36.0 Å². The van der Waals surface area contributed by atoms with E-state index in [1.807, 2.05) is 24.3 Å². The van der Waals surface area contributed by atoms with Crippen LogP contribution in [0.15, 0.2) is 41.2 Å². The molecule has 2 aromatic rings. The largest absolute Gasteiger partial charge is 0.497 e. The number of likely N-dealkylation sites (tertiary alicyclic amines) is 1. The molecule has 0 saturated carbocycles. The molecule has 1 fully saturated rings. The molecule has 0 unspecified atom stereocenters. The Balaban J connectivity index is 1.85. The third kappa shape index (κ3) is 3.28. The van der Waals surface area contributed by atoms with Crippen LogP contribution in [0.5, 0.6) is 5.75 Å². The summed E-state index contributed by atoms with van der Waals surface area (Å²) in [4.78, 5) is 29.3. The van der Waals surface area contributed by atoms with Crippen LogP contribution < -0.4 is 10.3 Å². The van der Waals surface area contributed by atoms with E-state index in [0.717, 1.165) is 43.7 Å². The number of piperidine rings is 1. The number of methoxy groups -OCH3 is 1. The van der Waals surface area contributed by atoms with Crippen molar-refractivity contribution < 1.29 is 9.53 Å². The van der Waals surface area contributed by atoms with E-state index >= 15 is 0 Å². The van der Waals surface area contributed by atoms with Gasteiger partial charge in [0.15, 0.2) is 0 Å². The molecule has 23 heavy (non-hydrogen) atoms. The summed E-state index contributed by atoms with van der Waals surface area (Å²) < 4.78 is 5.12. The minimum atomic E-state index is -0.339. The second-order valence-electron chi connectivity index (χ2n) is 5.70. The summed E-state index contributed by atoms with van der Waals surface area (Å²) in [6.45, 7) is 1.47. The molecule has 2 heterocycles. The molecule has 1 amide bonds. The predicted octanol–water partition coefficient (Wildman–Crippen LogP) is 2.68. The highest BCUT2D eigenvalue weighted by molar-refractivity contribution is 5.94. The van der Waals surface area contributed by atoms with Crippen molar-refractivity contribution in [3.63, 3.8) is 0 Å². The molecule has 1 aliphatic rings. The second-order valence-corrected chi connectivity index (χ2v) is 5.70. The van der Waals surface area contributed by atoms with Crippen LogP contribution in [0.25, 0.3) is 11.3 Å². The lowest BCUT2D eigenvalue weighted by Gasteiger charge is -2.26. The zero-order valence-corrected chi connectivity index (χ0v) is 13.2. The third-order valence-corrected chi connectivity index (χ3v) is 4.18. The van der Waals surface area contributed by atoms with Gasteiger partial charge in [0.05, 0.1) is 7.11 Å². The number of hydrogen-bond donors (Lipinski definition) is 1. The van der Waals surface area contributed by atoms with Crippen molar-refractivity contribution >= 4 is 5.91 Å². The van der Waals surface area contributed by atoms with Crippen LogP contribution in [0.2, 0.25) is 0 Å². The molecule has 1 saturated heterocycles.